The van der Waals surface area contributed by atoms with Crippen molar-refractivity contribution >= 4 is 5.97 Å². The predicted octanol–water partition coefficient (Wildman–Crippen LogP) is 2.33. The van der Waals surface area contributed by atoms with Gasteiger partial charge in [-0.2, -0.15) is 0 Å². The van der Waals surface area contributed by atoms with Gasteiger partial charge in [-0.15, -0.1) is 5.10 Å². The Kier molecular flexibility index (Phi) is 7.45. The minimum atomic E-state index is -1.72. The van der Waals surface area contributed by atoms with Crippen LogP contribution in [-0.4, -0.2) is 77.4 Å². The number of methoxy groups -OCH3 is 2. The predicted molar refractivity (Wildman–Crippen MR) is 122 cm³/mol. The van der Waals surface area contributed by atoms with E-state index < -0.39 is 66.3 Å². The summed E-state index contributed by atoms with van der Waals surface area (Å²) in [5.74, 6) is -5.30. The first-order valence-corrected chi connectivity index (χ1v) is 11.6. The number of rotatable bonds is 6. The van der Waals surface area contributed by atoms with Gasteiger partial charge in [0.15, 0.2) is 29.8 Å². The number of nitrogens with zero attached hydrogens (tertiary/aromatic N) is 3. The molecule has 2 aromatic carbocycles. The number of hydrogen-bond acceptors (Lipinski definition) is 9. The van der Waals surface area contributed by atoms with Gasteiger partial charge in [0, 0.05) is 18.2 Å². The molecule has 2 fully saturated rings. The van der Waals surface area contributed by atoms with Gasteiger partial charge < -0.3 is 28.8 Å². The molecule has 2 saturated heterocycles. The van der Waals surface area contributed by atoms with Crippen LogP contribution in [0, 0.1) is 17.5 Å². The van der Waals surface area contributed by atoms with E-state index in [1.807, 2.05) is 30.3 Å². The third-order valence-corrected chi connectivity index (χ3v) is 6.58. The molecule has 0 radical (unpaired) electrons. The van der Waals surface area contributed by atoms with E-state index in [1.165, 1.54) is 18.0 Å². The SMILES string of the molecule is COC(=O)[C@@H](O)[C@@H]1OC2COC(c3ccccc3)O[C@@H]2[C@H](n2cc(-c3cc(F)c(F)c(F)c3)nn2)C1OC. The molecule has 38 heavy (non-hydrogen) atoms. The Balaban J connectivity index is 1.54. The van der Waals surface area contributed by atoms with Crippen LogP contribution in [-0.2, 0) is 28.5 Å². The van der Waals surface area contributed by atoms with Gasteiger partial charge in [-0.25, -0.2) is 22.6 Å². The highest BCUT2D eigenvalue weighted by molar-refractivity contribution is 5.75. The molecule has 0 amide bonds. The van der Waals surface area contributed by atoms with Crippen LogP contribution in [0.2, 0.25) is 0 Å². The highest BCUT2D eigenvalue weighted by atomic mass is 19.2. The second kappa shape index (κ2) is 10.8. The Labute approximate surface area is 214 Å². The zero-order chi connectivity index (χ0) is 27.0. The van der Waals surface area contributed by atoms with E-state index in [0.717, 1.165) is 24.8 Å². The van der Waals surface area contributed by atoms with Gasteiger partial charge in [0.25, 0.3) is 0 Å². The molecule has 1 aromatic heterocycles. The molecular weight excluding hydrogens is 511 g/mol. The fourth-order valence-electron chi connectivity index (χ4n) is 4.75. The van der Waals surface area contributed by atoms with E-state index >= 15 is 0 Å². The van der Waals surface area contributed by atoms with Crippen LogP contribution < -0.4 is 0 Å². The average Bonchev–Trinajstić information content (AvgIpc) is 3.43. The number of esters is 1. The monoisotopic (exact) mass is 535 g/mol. The molecule has 2 aliphatic rings. The molecule has 3 aromatic rings. The fourth-order valence-corrected chi connectivity index (χ4v) is 4.75. The van der Waals surface area contributed by atoms with E-state index in [2.05, 4.69) is 15.0 Å². The van der Waals surface area contributed by atoms with Gasteiger partial charge in [-0.3, -0.25) is 0 Å². The van der Waals surface area contributed by atoms with Crippen LogP contribution in [0.5, 0.6) is 0 Å². The maximum atomic E-state index is 13.9. The van der Waals surface area contributed by atoms with Crippen molar-refractivity contribution in [3.63, 3.8) is 0 Å². The van der Waals surface area contributed by atoms with Crippen molar-refractivity contribution < 1.29 is 46.8 Å². The number of fused-ring (bicyclic) bond motifs is 1. The minimum absolute atomic E-state index is 0.0392. The fraction of sp³-hybridized carbons (Fsp3) is 0.400. The number of halogens is 3. The first-order chi connectivity index (χ1) is 18.3. The van der Waals surface area contributed by atoms with Crippen LogP contribution in [0.1, 0.15) is 17.9 Å². The molecule has 5 rings (SSSR count). The summed E-state index contributed by atoms with van der Waals surface area (Å²) in [4.78, 5) is 12.2. The highest BCUT2D eigenvalue weighted by Gasteiger charge is 2.54. The minimum Gasteiger partial charge on any atom is -0.467 e. The molecule has 0 aliphatic carbocycles. The summed E-state index contributed by atoms with van der Waals surface area (Å²) in [6, 6.07) is 9.90. The third kappa shape index (κ3) is 4.78. The van der Waals surface area contributed by atoms with Gasteiger partial charge in [-0.1, -0.05) is 35.5 Å². The van der Waals surface area contributed by atoms with Crippen LogP contribution >= 0.6 is 0 Å². The Bertz CT molecular complexity index is 1270. The zero-order valence-corrected chi connectivity index (χ0v) is 20.2. The largest absolute Gasteiger partial charge is 0.467 e. The molecule has 10 nitrogen and oxygen atoms in total. The quantitative estimate of drug-likeness (QED) is 0.375. The van der Waals surface area contributed by atoms with Crippen molar-refractivity contribution in [3.8, 4) is 11.3 Å². The molecule has 7 atom stereocenters. The lowest BCUT2D eigenvalue weighted by Crippen LogP contribution is -2.63. The topological polar surface area (TPSA) is 114 Å². The smallest absolute Gasteiger partial charge is 0.337 e. The molecule has 3 heterocycles. The van der Waals surface area contributed by atoms with Crippen molar-refractivity contribution in [1.82, 2.24) is 15.0 Å². The lowest BCUT2D eigenvalue weighted by Gasteiger charge is -2.49. The molecule has 1 N–H and O–H groups in total. The Morgan fingerprint density at radius 2 is 1.84 bits per heavy atom. The summed E-state index contributed by atoms with van der Waals surface area (Å²) in [5, 5.41) is 18.8. The number of aliphatic hydroxyl groups is 1. The number of aliphatic hydroxyl groups excluding tert-OH is 1. The summed E-state index contributed by atoms with van der Waals surface area (Å²) >= 11 is 0. The summed E-state index contributed by atoms with van der Waals surface area (Å²) < 4.78 is 71.1. The van der Waals surface area contributed by atoms with Crippen LogP contribution in [0.4, 0.5) is 13.2 Å². The zero-order valence-electron chi connectivity index (χ0n) is 20.2. The molecule has 2 aliphatic heterocycles. The van der Waals surface area contributed by atoms with Crippen LogP contribution in [0.3, 0.4) is 0 Å². The number of carbonyl (C=O) groups excluding carboxylic acids is 1. The first-order valence-electron chi connectivity index (χ1n) is 11.6. The van der Waals surface area contributed by atoms with Gasteiger partial charge >= 0.3 is 5.97 Å². The van der Waals surface area contributed by atoms with E-state index in [0.29, 0.717) is 0 Å². The van der Waals surface area contributed by atoms with Crippen molar-refractivity contribution in [1.29, 1.82) is 0 Å². The molecular formula is C25H24F3N3O7. The summed E-state index contributed by atoms with van der Waals surface area (Å²) in [6.45, 7) is 0.0392. The molecule has 0 saturated carbocycles. The van der Waals surface area contributed by atoms with Crippen LogP contribution in [0.15, 0.2) is 48.7 Å². The van der Waals surface area contributed by atoms with Gasteiger partial charge in [0.1, 0.15) is 36.2 Å². The van der Waals surface area contributed by atoms with Gasteiger partial charge in [0.05, 0.1) is 19.9 Å². The number of aromatic nitrogens is 3. The number of carbonyl (C=O) groups is 1. The first kappa shape index (κ1) is 26.3. The highest BCUT2D eigenvalue weighted by Crippen LogP contribution is 2.41. The van der Waals surface area contributed by atoms with Gasteiger partial charge in [-0.05, 0) is 12.1 Å². The number of benzene rings is 2. The Hall–Kier alpha value is -3.36. The number of ether oxygens (including phenoxy) is 5. The normalized spacial score (nSPS) is 27.9. The maximum absolute atomic E-state index is 13.9. The third-order valence-electron chi connectivity index (χ3n) is 6.58. The lowest BCUT2D eigenvalue weighted by molar-refractivity contribution is -0.325. The van der Waals surface area contributed by atoms with Gasteiger partial charge in [0.2, 0.25) is 0 Å². The summed E-state index contributed by atoms with van der Waals surface area (Å²) in [7, 11) is 2.48. The summed E-state index contributed by atoms with van der Waals surface area (Å²) in [6.07, 6.45) is -4.90. The maximum Gasteiger partial charge on any atom is 0.337 e. The Morgan fingerprint density at radius 1 is 1.13 bits per heavy atom. The molecule has 0 bridgehead atoms. The molecule has 0 spiro atoms. The van der Waals surface area contributed by atoms with E-state index in [9.17, 15) is 23.1 Å². The van der Waals surface area contributed by atoms with E-state index in [4.69, 9.17) is 18.9 Å². The van der Waals surface area contributed by atoms with Crippen molar-refractivity contribution in [2.45, 2.75) is 42.9 Å². The molecule has 202 valence electrons. The lowest BCUT2D eigenvalue weighted by atomic mass is 9.89. The van der Waals surface area contributed by atoms with E-state index in [-0.39, 0.29) is 17.9 Å². The number of hydrogen-bond donors (Lipinski definition) is 1. The van der Waals surface area contributed by atoms with Crippen molar-refractivity contribution in [2.75, 3.05) is 20.8 Å². The average molecular weight is 535 g/mol. The molecule has 13 heteroatoms. The van der Waals surface area contributed by atoms with Crippen LogP contribution in [0.25, 0.3) is 11.3 Å². The standard InChI is InChI=1S/C25H24F3N3O7/c1-34-22-19(31-10-16(29-30-31)13-8-14(26)18(28)15(27)9-13)21-17(37-23(22)20(32)24(33)35-2)11-36-25(38-21)12-6-4-3-5-7-12/h3-10,17,19-23,25,32H,11H2,1-2H3/t17?,19-,20-,21-,22?,23-,25?/m0/s1. The molecule has 3 unspecified atom stereocenters. The van der Waals surface area contributed by atoms with E-state index in [1.54, 1.807) is 0 Å². The summed E-state index contributed by atoms with van der Waals surface area (Å²) in [5.41, 5.74) is 0.732. The second-order valence-electron chi connectivity index (χ2n) is 8.81. The second-order valence-corrected chi connectivity index (χ2v) is 8.81. The Morgan fingerprint density at radius 3 is 2.50 bits per heavy atom. The van der Waals surface area contributed by atoms with Crippen molar-refractivity contribution in [2.24, 2.45) is 0 Å². The van der Waals surface area contributed by atoms with Crippen molar-refractivity contribution in [3.05, 3.63) is 71.7 Å².